The third kappa shape index (κ3) is 5.37. The fraction of sp³-hybridized carbons (Fsp3) is 0.318. The Labute approximate surface area is 156 Å². The monoisotopic (exact) mass is 350 g/mol. The van der Waals surface area contributed by atoms with Crippen LogP contribution in [0.2, 0.25) is 0 Å². The molecule has 4 heteroatoms. The van der Waals surface area contributed by atoms with Gasteiger partial charge in [0.15, 0.2) is 11.5 Å². The molecule has 4 nitrogen and oxygen atoms in total. The summed E-state index contributed by atoms with van der Waals surface area (Å²) in [6, 6.07) is 17.6. The summed E-state index contributed by atoms with van der Waals surface area (Å²) in [5.74, 6) is 1.39. The summed E-state index contributed by atoms with van der Waals surface area (Å²) in [4.78, 5) is 2.31. The van der Waals surface area contributed by atoms with E-state index in [4.69, 9.17) is 9.47 Å². The summed E-state index contributed by atoms with van der Waals surface area (Å²) in [5, 5.41) is 9.46. The number of ether oxygens (including phenoxy) is 2. The maximum atomic E-state index is 9.46. The Bertz CT molecular complexity index is 759. The Hall–Kier alpha value is -2.77. The SMILES string of the molecule is CCN(CC)CCOc1ccc(/C=C(\C#N)c2ccccc2)cc1OC. The number of hydrogen-bond donors (Lipinski definition) is 0. The molecule has 0 N–H and O–H groups in total. The summed E-state index contributed by atoms with van der Waals surface area (Å²) in [6.45, 7) is 7.80. The molecular weight excluding hydrogens is 324 g/mol. The van der Waals surface area contributed by atoms with E-state index in [0.717, 1.165) is 36.5 Å². The second-order valence-corrected chi connectivity index (χ2v) is 5.82. The number of allylic oxidation sites excluding steroid dienone is 1. The van der Waals surface area contributed by atoms with Crippen LogP contribution in [0.1, 0.15) is 25.0 Å². The lowest BCUT2D eigenvalue weighted by Crippen LogP contribution is -2.27. The Morgan fingerprint density at radius 1 is 1.08 bits per heavy atom. The topological polar surface area (TPSA) is 45.5 Å². The molecule has 0 fully saturated rings. The van der Waals surface area contributed by atoms with E-state index >= 15 is 0 Å². The van der Waals surface area contributed by atoms with Crippen molar-refractivity contribution in [3.8, 4) is 17.6 Å². The first-order valence-electron chi connectivity index (χ1n) is 8.92. The predicted octanol–water partition coefficient (Wildman–Crippen LogP) is 4.48. The molecule has 26 heavy (non-hydrogen) atoms. The Morgan fingerprint density at radius 2 is 1.81 bits per heavy atom. The van der Waals surface area contributed by atoms with Crippen LogP contribution in [-0.4, -0.2) is 38.3 Å². The van der Waals surface area contributed by atoms with E-state index in [2.05, 4.69) is 24.8 Å². The van der Waals surface area contributed by atoms with Gasteiger partial charge < -0.3 is 14.4 Å². The summed E-state index contributed by atoms with van der Waals surface area (Å²) >= 11 is 0. The average molecular weight is 350 g/mol. The first-order chi connectivity index (χ1) is 12.7. The minimum absolute atomic E-state index is 0.612. The fourth-order valence-corrected chi connectivity index (χ4v) is 2.68. The molecular formula is C22H26N2O2. The highest BCUT2D eigenvalue weighted by atomic mass is 16.5. The highest BCUT2D eigenvalue weighted by Gasteiger charge is 2.07. The van der Waals surface area contributed by atoms with Crippen LogP contribution < -0.4 is 9.47 Å². The molecule has 0 radical (unpaired) electrons. The van der Waals surface area contributed by atoms with Crippen LogP contribution in [0.15, 0.2) is 48.5 Å². The molecule has 0 unspecified atom stereocenters. The first kappa shape index (κ1) is 19.6. The Balaban J connectivity index is 2.15. The van der Waals surface area contributed by atoms with E-state index in [1.54, 1.807) is 7.11 Å². The minimum atomic E-state index is 0.612. The van der Waals surface area contributed by atoms with Crippen molar-refractivity contribution >= 4 is 11.6 Å². The molecule has 0 saturated carbocycles. The van der Waals surface area contributed by atoms with Crippen molar-refractivity contribution < 1.29 is 9.47 Å². The van der Waals surface area contributed by atoms with Gasteiger partial charge in [-0.15, -0.1) is 0 Å². The summed E-state index contributed by atoms with van der Waals surface area (Å²) in [5.41, 5.74) is 2.41. The third-order valence-electron chi connectivity index (χ3n) is 4.26. The van der Waals surface area contributed by atoms with Crippen LogP contribution in [0.4, 0.5) is 0 Å². The fourth-order valence-electron chi connectivity index (χ4n) is 2.68. The van der Waals surface area contributed by atoms with Gasteiger partial charge in [-0.1, -0.05) is 50.2 Å². The van der Waals surface area contributed by atoms with Gasteiger partial charge in [0, 0.05) is 6.54 Å². The van der Waals surface area contributed by atoms with Gasteiger partial charge in [0.2, 0.25) is 0 Å². The number of hydrogen-bond acceptors (Lipinski definition) is 4. The number of rotatable bonds is 9. The van der Waals surface area contributed by atoms with Gasteiger partial charge >= 0.3 is 0 Å². The predicted molar refractivity (Wildman–Crippen MR) is 106 cm³/mol. The van der Waals surface area contributed by atoms with Crippen LogP contribution in [0.5, 0.6) is 11.5 Å². The van der Waals surface area contributed by atoms with Crippen molar-refractivity contribution in [2.75, 3.05) is 33.4 Å². The highest BCUT2D eigenvalue weighted by molar-refractivity contribution is 5.89. The maximum absolute atomic E-state index is 9.46. The highest BCUT2D eigenvalue weighted by Crippen LogP contribution is 2.29. The molecule has 0 aromatic heterocycles. The second-order valence-electron chi connectivity index (χ2n) is 5.82. The smallest absolute Gasteiger partial charge is 0.161 e. The van der Waals surface area contributed by atoms with Crippen LogP contribution in [0.3, 0.4) is 0 Å². The number of methoxy groups -OCH3 is 1. The van der Waals surface area contributed by atoms with Crippen LogP contribution in [0, 0.1) is 11.3 Å². The zero-order valence-corrected chi connectivity index (χ0v) is 15.7. The molecule has 0 spiro atoms. The van der Waals surface area contributed by atoms with Crippen LogP contribution >= 0.6 is 0 Å². The summed E-state index contributed by atoms with van der Waals surface area (Å²) in [6.07, 6.45) is 1.86. The van der Waals surface area contributed by atoms with Gasteiger partial charge in [-0.05, 0) is 42.4 Å². The van der Waals surface area contributed by atoms with E-state index in [1.807, 2.05) is 54.6 Å². The van der Waals surface area contributed by atoms with Crippen molar-refractivity contribution in [2.24, 2.45) is 0 Å². The lowest BCUT2D eigenvalue weighted by molar-refractivity contribution is 0.217. The quantitative estimate of drug-likeness (QED) is 0.494. The molecule has 136 valence electrons. The summed E-state index contributed by atoms with van der Waals surface area (Å²) in [7, 11) is 1.63. The lowest BCUT2D eigenvalue weighted by Gasteiger charge is -2.18. The molecule has 2 aromatic carbocycles. The van der Waals surface area contributed by atoms with E-state index in [0.29, 0.717) is 17.9 Å². The number of likely N-dealkylation sites (N-methyl/N-ethyl adjacent to an activating group) is 1. The molecule has 0 atom stereocenters. The van der Waals surface area contributed by atoms with Crippen molar-refractivity contribution in [3.63, 3.8) is 0 Å². The van der Waals surface area contributed by atoms with E-state index in [9.17, 15) is 5.26 Å². The van der Waals surface area contributed by atoms with Crippen LogP contribution in [-0.2, 0) is 0 Å². The van der Waals surface area contributed by atoms with E-state index < -0.39 is 0 Å². The molecule has 2 aromatic rings. The number of nitrogens with zero attached hydrogens (tertiary/aromatic N) is 2. The molecule has 0 amide bonds. The molecule has 0 aliphatic heterocycles. The van der Waals surface area contributed by atoms with Crippen molar-refractivity contribution in [1.29, 1.82) is 5.26 Å². The second kappa shape index (κ2) is 10.3. The lowest BCUT2D eigenvalue weighted by atomic mass is 10.0. The molecule has 2 rings (SSSR count). The van der Waals surface area contributed by atoms with Crippen molar-refractivity contribution in [2.45, 2.75) is 13.8 Å². The van der Waals surface area contributed by atoms with Gasteiger partial charge in [0.25, 0.3) is 0 Å². The van der Waals surface area contributed by atoms with E-state index in [-0.39, 0.29) is 0 Å². The Kier molecular flexibility index (Phi) is 7.73. The normalized spacial score (nSPS) is 11.3. The van der Waals surface area contributed by atoms with Crippen molar-refractivity contribution in [1.82, 2.24) is 4.90 Å². The molecule has 0 aliphatic carbocycles. The standard InChI is InChI=1S/C22H26N2O2/c1-4-24(5-2)13-14-26-21-12-11-18(16-22(21)25-3)15-20(17-23)19-9-7-6-8-10-19/h6-12,15-16H,4-5,13-14H2,1-3H3/b20-15+. The average Bonchev–Trinajstić information content (AvgIpc) is 2.70. The number of benzene rings is 2. The van der Waals surface area contributed by atoms with Gasteiger partial charge in [-0.25, -0.2) is 0 Å². The zero-order valence-electron chi connectivity index (χ0n) is 15.7. The molecule has 0 aliphatic rings. The Morgan fingerprint density at radius 3 is 2.42 bits per heavy atom. The van der Waals surface area contributed by atoms with Gasteiger partial charge in [0.1, 0.15) is 6.61 Å². The molecule has 0 saturated heterocycles. The third-order valence-corrected chi connectivity index (χ3v) is 4.26. The minimum Gasteiger partial charge on any atom is -0.493 e. The molecule has 0 bridgehead atoms. The maximum Gasteiger partial charge on any atom is 0.161 e. The summed E-state index contributed by atoms with van der Waals surface area (Å²) < 4.78 is 11.3. The largest absolute Gasteiger partial charge is 0.493 e. The van der Waals surface area contributed by atoms with Gasteiger partial charge in [0.05, 0.1) is 18.8 Å². The van der Waals surface area contributed by atoms with Crippen molar-refractivity contribution in [3.05, 3.63) is 59.7 Å². The van der Waals surface area contributed by atoms with Gasteiger partial charge in [-0.2, -0.15) is 5.26 Å². The first-order valence-corrected chi connectivity index (χ1v) is 8.92. The zero-order chi connectivity index (χ0) is 18.8. The number of nitriles is 1. The van der Waals surface area contributed by atoms with Crippen LogP contribution in [0.25, 0.3) is 11.6 Å². The molecule has 0 heterocycles. The van der Waals surface area contributed by atoms with Gasteiger partial charge in [-0.3, -0.25) is 0 Å². The van der Waals surface area contributed by atoms with E-state index in [1.165, 1.54) is 0 Å².